The summed E-state index contributed by atoms with van der Waals surface area (Å²) in [5, 5.41) is 3.14. The van der Waals surface area contributed by atoms with E-state index in [1.807, 2.05) is 12.1 Å². The molecule has 1 N–H and O–H groups in total. The van der Waals surface area contributed by atoms with Crippen LogP contribution in [0.5, 0.6) is 0 Å². The molecular weight excluding hydrogens is 348 g/mol. The van der Waals surface area contributed by atoms with Crippen LogP contribution in [0.4, 0.5) is 11.4 Å². The van der Waals surface area contributed by atoms with E-state index >= 15 is 0 Å². The monoisotopic (exact) mass is 378 g/mol. The average molecular weight is 379 g/mol. The highest BCUT2D eigenvalue weighted by molar-refractivity contribution is 5.93. The first-order valence-electron chi connectivity index (χ1n) is 10.4. The van der Waals surface area contributed by atoms with E-state index in [4.69, 9.17) is 0 Å². The number of rotatable bonds is 4. The Balaban J connectivity index is 1.40. The van der Waals surface area contributed by atoms with Gasteiger partial charge in [0.05, 0.1) is 0 Å². The highest BCUT2D eigenvalue weighted by atomic mass is 16.1. The highest BCUT2D eigenvalue weighted by Crippen LogP contribution is 2.25. The van der Waals surface area contributed by atoms with Gasteiger partial charge >= 0.3 is 0 Å². The Morgan fingerprint density at radius 1 is 1.04 bits per heavy atom. The normalized spacial score (nSPS) is 17.8. The van der Waals surface area contributed by atoms with Crippen molar-refractivity contribution >= 4 is 17.3 Å². The number of carbonyl (C=O) groups excluding carboxylic acids is 1. The number of amides is 1. The van der Waals surface area contributed by atoms with Gasteiger partial charge in [-0.15, -0.1) is 0 Å². The summed E-state index contributed by atoms with van der Waals surface area (Å²) in [6, 6.07) is 10.8. The second-order valence-corrected chi connectivity index (χ2v) is 8.05. The Bertz CT molecular complexity index is 836. The average Bonchev–Trinajstić information content (AvgIpc) is 3.23. The SMILES string of the molecule is Cc1cccc(N2CCN(c3ccnc(C(=O)NC4CCCC4)c3)CC2)c1C. The number of aromatic nitrogens is 1. The van der Waals surface area contributed by atoms with E-state index < -0.39 is 0 Å². The van der Waals surface area contributed by atoms with Crippen molar-refractivity contribution in [3.63, 3.8) is 0 Å². The molecule has 2 heterocycles. The molecule has 0 spiro atoms. The number of aryl methyl sites for hydroxylation is 1. The van der Waals surface area contributed by atoms with Crippen LogP contribution in [-0.2, 0) is 0 Å². The fourth-order valence-corrected chi connectivity index (χ4v) is 4.35. The van der Waals surface area contributed by atoms with E-state index in [9.17, 15) is 4.79 Å². The van der Waals surface area contributed by atoms with Crippen LogP contribution >= 0.6 is 0 Å². The number of pyridine rings is 1. The molecular formula is C23H30N4O. The van der Waals surface area contributed by atoms with Gasteiger partial charge in [0, 0.05) is 49.8 Å². The van der Waals surface area contributed by atoms with Crippen molar-refractivity contribution in [3.05, 3.63) is 53.3 Å². The maximum absolute atomic E-state index is 12.5. The van der Waals surface area contributed by atoms with Crippen molar-refractivity contribution < 1.29 is 4.79 Å². The predicted octanol–water partition coefficient (Wildman–Crippen LogP) is 3.70. The van der Waals surface area contributed by atoms with Crippen LogP contribution in [-0.4, -0.2) is 43.1 Å². The smallest absolute Gasteiger partial charge is 0.270 e. The minimum Gasteiger partial charge on any atom is -0.368 e. The quantitative estimate of drug-likeness (QED) is 0.881. The zero-order valence-electron chi connectivity index (χ0n) is 16.9. The Morgan fingerprint density at radius 2 is 1.75 bits per heavy atom. The molecule has 1 saturated heterocycles. The zero-order valence-corrected chi connectivity index (χ0v) is 16.9. The van der Waals surface area contributed by atoms with Gasteiger partial charge in [-0.3, -0.25) is 9.78 Å². The molecule has 0 atom stereocenters. The molecule has 0 radical (unpaired) electrons. The summed E-state index contributed by atoms with van der Waals surface area (Å²) < 4.78 is 0. The molecule has 2 fully saturated rings. The number of nitrogens with zero attached hydrogens (tertiary/aromatic N) is 3. The third-order valence-electron chi connectivity index (χ3n) is 6.23. The largest absolute Gasteiger partial charge is 0.368 e. The number of hydrogen-bond acceptors (Lipinski definition) is 4. The lowest BCUT2D eigenvalue weighted by Crippen LogP contribution is -2.47. The van der Waals surface area contributed by atoms with E-state index in [0.717, 1.165) is 44.7 Å². The summed E-state index contributed by atoms with van der Waals surface area (Å²) in [6.07, 6.45) is 6.36. The number of piperazine rings is 1. The molecule has 5 nitrogen and oxygen atoms in total. The minimum atomic E-state index is -0.0391. The molecule has 28 heavy (non-hydrogen) atoms. The third kappa shape index (κ3) is 3.98. The van der Waals surface area contributed by atoms with Gasteiger partial charge in [-0.2, -0.15) is 0 Å². The van der Waals surface area contributed by atoms with Gasteiger partial charge < -0.3 is 15.1 Å². The molecule has 1 aromatic carbocycles. The van der Waals surface area contributed by atoms with Crippen molar-refractivity contribution in [1.82, 2.24) is 10.3 Å². The molecule has 148 valence electrons. The number of carbonyl (C=O) groups is 1. The molecule has 1 saturated carbocycles. The molecule has 1 aliphatic carbocycles. The van der Waals surface area contributed by atoms with Crippen LogP contribution in [0.15, 0.2) is 36.5 Å². The molecule has 2 aliphatic rings. The second-order valence-electron chi connectivity index (χ2n) is 8.05. The maximum atomic E-state index is 12.5. The van der Waals surface area contributed by atoms with Crippen molar-refractivity contribution in [2.75, 3.05) is 36.0 Å². The van der Waals surface area contributed by atoms with Crippen LogP contribution in [0, 0.1) is 13.8 Å². The summed E-state index contributed by atoms with van der Waals surface area (Å²) >= 11 is 0. The zero-order chi connectivity index (χ0) is 19.5. The molecule has 2 aromatic rings. The predicted molar refractivity (Wildman–Crippen MR) is 114 cm³/mol. The maximum Gasteiger partial charge on any atom is 0.270 e. The van der Waals surface area contributed by atoms with Gasteiger partial charge in [-0.1, -0.05) is 25.0 Å². The first-order chi connectivity index (χ1) is 13.6. The van der Waals surface area contributed by atoms with Gasteiger partial charge in [0.15, 0.2) is 0 Å². The first kappa shape index (κ1) is 18.8. The van der Waals surface area contributed by atoms with E-state index in [1.54, 1.807) is 6.20 Å². The van der Waals surface area contributed by atoms with Gasteiger partial charge in [0.25, 0.3) is 5.91 Å². The highest BCUT2D eigenvalue weighted by Gasteiger charge is 2.22. The number of anilines is 2. The lowest BCUT2D eigenvalue weighted by molar-refractivity contribution is 0.0933. The molecule has 4 rings (SSSR count). The first-order valence-corrected chi connectivity index (χ1v) is 10.4. The lowest BCUT2D eigenvalue weighted by Gasteiger charge is -2.38. The summed E-state index contributed by atoms with van der Waals surface area (Å²) in [4.78, 5) is 21.7. The summed E-state index contributed by atoms with van der Waals surface area (Å²) in [5.74, 6) is -0.0391. The van der Waals surface area contributed by atoms with Gasteiger partial charge in [0.1, 0.15) is 5.69 Å². The van der Waals surface area contributed by atoms with Crippen molar-refractivity contribution in [2.24, 2.45) is 0 Å². The Morgan fingerprint density at radius 3 is 2.50 bits per heavy atom. The van der Waals surface area contributed by atoms with Crippen LogP contribution in [0.1, 0.15) is 47.3 Å². The van der Waals surface area contributed by atoms with E-state index in [0.29, 0.717) is 11.7 Å². The van der Waals surface area contributed by atoms with E-state index in [2.05, 4.69) is 52.1 Å². The van der Waals surface area contributed by atoms with Crippen molar-refractivity contribution in [1.29, 1.82) is 0 Å². The molecule has 5 heteroatoms. The lowest BCUT2D eigenvalue weighted by atomic mass is 10.1. The summed E-state index contributed by atoms with van der Waals surface area (Å²) in [6.45, 7) is 8.23. The molecule has 1 amide bonds. The Hall–Kier alpha value is -2.56. The van der Waals surface area contributed by atoms with E-state index in [1.165, 1.54) is 29.7 Å². The number of nitrogens with one attached hydrogen (secondary N) is 1. The number of benzene rings is 1. The third-order valence-corrected chi connectivity index (χ3v) is 6.23. The minimum absolute atomic E-state index is 0.0391. The standard InChI is InChI=1S/C23H30N4O/c1-17-6-5-9-22(18(17)2)27-14-12-26(13-15-27)20-10-11-24-21(16-20)23(28)25-19-7-3-4-8-19/h5-6,9-11,16,19H,3-4,7-8,12-15H2,1-2H3,(H,25,28). The van der Waals surface area contributed by atoms with Crippen molar-refractivity contribution in [3.8, 4) is 0 Å². The summed E-state index contributed by atoms with van der Waals surface area (Å²) in [5.41, 5.74) is 5.66. The van der Waals surface area contributed by atoms with Crippen LogP contribution in [0.3, 0.4) is 0 Å². The Labute approximate surface area is 167 Å². The van der Waals surface area contributed by atoms with Gasteiger partial charge in [-0.05, 0) is 56.0 Å². The molecule has 1 aromatic heterocycles. The van der Waals surface area contributed by atoms with Crippen LogP contribution < -0.4 is 15.1 Å². The van der Waals surface area contributed by atoms with E-state index in [-0.39, 0.29) is 5.91 Å². The van der Waals surface area contributed by atoms with Crippen LogP contribution in [0.2, 0.25) is 0 Å². The van der Waals surface area contributed by atoms with Crippen molar-refractivity contribution in [2.45, 2.75) is 45.6 Å². The molecule has 0 bridgehead atoms. The molecule has 0 unspecified atom stereocenters. The summed E-state index contributed by atoms with van der Waals surface area (Å²) in [7, 11) is 0. The van der Waals surface area contributed by atoms with Crippen LogP contribution in [0.25, 0.3) is 0 Å². The van der Waals surface area contributed by atoms with Gasteiger partial charge in [-0.25, -0.2) is 0 Å². The second kappa shape index (κ2) is 8.21. The Kier molecular flexibility index (Phi) is 5.51. The van der Waals surface area contributed by atoms with Gasteiger partial charge in [0.2, 0.25) is 0 Å². The fourth-order valence-electron chi connectivity index (χ4n) is 4.35. The fraction of sp³-hybridized carbons (Fsp3) is 0.478. The topological polar surface area (TPSA) is 48.5 Å². The number of hydrogen-bond donors (Lipinski definition) is 1. The molecule has 1 aliphatic heterocycles.